The van der Waals surface area contributed by atoms with Gasteiger partial charge < -0.3 is 4.98 Å². The van der Waals surface area contributed by atoms with Crippen molar-refractivity contribution in [1.29, 1.82) is 0 Å². The Morgan fingerprint density at radius 3 is 2.62 bits per heavy atom. The third-order valence-electron chi connectivity index (χ3n) is 1.11. The van der Waals surface area contributed by atoms with E-state index in [0.717, 1.165) is 0 Å². The van der Waals surface area contributed by atoms with Crippen LogP contribution in [0.15, 0.2) is 17.3 Å². The van der Waals surface area contributed by atoms with Gasteiger partial charge in [0, 0.05) is 6.20 Å². The molecule has 1 aromatic rings. The van der Waals surface area contributed by atoms with Gasteiger partial charge in [-0.15, -0.1) is 11.8 Å². The molecular weight excluding hydrogens is 118 g/mol. The Labute approximate surface area is 53.5 Å². The van der Waals surface area contributed by atoms with Gasteiger partial charge in [0.15, 0.2) is 0 Å². The molecule has 0 saturated heterocycles. The van der Waals surface area contributed by atoms with Gasteiger partial charge in [0.05, 0.1) is 5.03 Å². The van der Waals surface area contributed by atoms with Crippen molar-refractivity contribution < 1.29 is 0 Å². The van der Waals surface area contributed by atoms with Crippen molar-refractivity contribution in [2.45, 2.75) is 11.9 Å². The quantitative estimate of drug-likeness (QED) is 0.571. The van der Waals surface area contributed by atoms with E-state index in [1.165, 1.54) is 10.6 Å². The van der Waals surface area contributed by atoms with Crippen molar-refractivity contribution in [3.05, 3.63) is 17.8 Å². The van der Waals surface area contributed by atoms with Gasteiger partial charge in [-0.2, -0.15) is 0 Å². The molecule has 0 aliphatic carbocycles. The first-order valence-electron chi connectivity index (χ1n) is 2.52. The Hall–Kier alpha value is -0.370. The van der Waals surface area contributed by atoms with E-state index < -0.39 is 0 Å². The fraction of sp³-hybridized carbons (Fsp3) is 0.333. The molecule has 1 nitrogen and oxygen atoms in total. The van der Waals surface area contributed by atoms with Gasteiger partial charge in [-0.05, 0) is 24.8 Å². The number of rotatable bonds is 1. The van der Waals surface area contributed by atoms with E-state index in [1.54, 1.807) is 11.8 Å². The van der Waals surface area contributed by atoms with E-state index in [4.69, 9.17) is 0 Å². The maximum Gasteiger partial charge on any atom is 0.0748 e. The first kappa shape index (κ1) is 5.76. The molecule has 0 aliphatic heterocycles. The van der Waals surface area contributed by atoms with E-state index >= 15 is 0 Å². The number of aromatic amines is 1. The summed E-state index contributed by atoms with van der Waals surface area (Å²) in [7, 11) is 0. The summed E-state index contributed by atoms with van der Waals surface area (Å²) in [6.07, 6.45) is 4.03. The van der Waals surface area contributed by atoms with Crippen LogP contribution in [0, 0.1) is 6.92 Å². The lowest BCUT2D eigenvalue weighted by molar-refractivity contribution is 1.16. The molecule has 1 N–H and O–H groups in total. The van der Waals surface area contributed by atoms with Gasteiger partial charge in [0.25, 0.3) is 0 Å². The van der Waals surface area contributed by atoms with Crippen molar-refractivity contribution >= 4 is 11.8 Å². The second kappa shape index (κ2) is 2.27. The highest BCUT2D eigenvalue weighted by Gasteiger charge is 1.92. The Morgan fingerprint density at radius 1 is 1.62 bits per heavy atom. The molecule has 0 unspecified atom stereocenters. The van der Waals surface area contributed by atoms with Crippen LogP contribution in [0.5, 0.6) is 0 Å². The molecule has 2 heteroatoms. The molecular formula is C6H9NS. The van der Waals surface area contributed by atoms with Crippen LogP contribution >= 0.6 is 11.8 Å². The topological polar surface area (TPSA) is 15.8 Å². The third kappa shape index (κ3) is 0.892. The van der Waals surface area contributed by atoms with Crippen LogP contribution in [0.25, 0.3) is 0 Å². The van der Waals surface area contributed by atoms with Gasteiger partial charge >= 0.3 is 0 Å². The van der Waals surface area contributed by atoms with Crippen molar-refractivity contribution in [1.82, 2.24) is 4.98 Å². The Kier molecular flexibility index (Phi) is 1.63. The summed E-state index contributed by atoms with van der Waals surface area (Å²) in [5.74, 6) is 0. The number of H-pyrrole nitrogens is 1. The molecule has 0 spiro atoms. The zero-order valence-electron chi connectivity index (χ0n) is 5.06. The van der Waals surface area contributed by atoms with Crippen molar-refractivity contribution in [3.8, 4) is 0 Å². The monoisotopic (exact) mass is 127 g/mol. The summed E-state index contributed by atoms with van der Waals surface area (Å²) < 4.78 is 0. The second-order valence-electron chi connectivity index (χ2n) is 1.69. The van der Waals surface area contributed by atoms with Crippen LogP contribution in [-0.2, 0) is 0 Å². The number of aryl methyl sites for hydroxylation is 1. The largest absolute Gasteiger partial charge is 0.356 e. The van der Waals surface area contributed by atoms with Gasteiger partial charge in [-0.3, -0.25) is 0 Å². The molecule has 0 radical (unpaired) electrons. The summed E-state index contributed by atoms with van der Waals surface area (Å²) in [6, 6.07) is 2.08. The van der Waals surface area contributed by atoms with E-state index in [2.05, 4.69) is 24.2 Å². The SMILES string of the molecule is CSc1[nH]ccc1C. The van der Waals surface area contributed by atoms with Crippen molar-refractivity contribution in [2.75, 3.05) is 6.26 Å². The van der Waals surface area contributed by atoms with Gasteiger partial charge in [0.1, 0.15) is 0 Å². The summed E-state index contributed by atoms with van der Waals surface area (Å²) >= 11 is 1.75. The predicted molar refractivity (Wildman–Crippen MR) is 37.3 cm³/mol. The smallest absolute Gasteiger partial charge is 0.0748 e. The van der Waals surface area contributed by atoms with Gasteiger partial charge in [-0.25, -0.2) is 0 Å². The lowest BCUT2D eigenvalue weighted by Gasteiger charge is -1.88. The molecule has 8 heavy (non-hydrogen) atoms. The third-order valence-corrected chi connectivity index (χ3v) is 1.96. The average molecular weight is 127 g/mol. The Balaban J connectivity index is 2.92. The minimum atomic E-state index is 1.27. The lowest BCUT2D eigenvalue weighted by Crippen LogP contribution is -1.68. The molecule has 0 fully saturated rings. The summed E-state index contributed by atoms with van der Waals surface area (Å²) in [5, 5.41) is 1.27. The zero-order valence-corrected chi connectivity index (χ0v) is 5.88. The number of hydrogen-bond acceptors (Lipinski definition) is 1. The van der Waals surface area contributed by atoms with Gasteiger partial charge in [-0.1, -0.05) is 0 Å². The number of nitrogens with one attached hydrogen (secondary N) is 1. The molecule has 1 rings (SSSR count). The summed E-state index contributed by atoms with van der Waals surface area (Å²) in [4.78, 5) is 3.12. The van der Waals surface area contributed by atoms with Crippen LogP contribution in [0.3, 0.4) is 0 Å². The minimum absolute atomic E-state index is 1.27. The Morgan fingerprint density at radius 2 is 2.38 bits per heavy atom. The first-order valence-corrected chi connectivity index (χ1v) is 3.75. The summed E-state index contributed by atoms with van der Waals surface area (Å²) in [5.41, 5.74) is 1.33. The highest BCUT2D eigenvalue weighted by Crippen LogP contribution is 2.15. The summed E-state index contributed by atoms with van der Waals surface area (Å²) in [6.45, 7) is 2.10. The normalized spacial score (nSPS) is 9.75. The first-order chi connectivity index (χ1) is 3.84. The van der Waals surface area contributed by atoms with E-state index in [1.807, 2.05) is 6.20 Å². The molecule has 0 saturated carbocycles. The van der Waals surface area contributed by atoms with Gasteiger partial charge in [0.2, 0.25) is 0 Å². The molecule has 0 aromatic carbocycles. The van der Waals surface area contributed by atoms with E-state index in [9.17, 15) is 0 Å². The standard InChI is InChI=1S/C6H9NS/c1-5-3-4-7-6(5)8-2/h3-4,7H,1-2H3. The molecule has 1 heterocycles. The van der Waals surface area contributed by atoms with E-state index in [0.29, 0.717) is 0 Å². The predicted octanol–water partition coefficient (Wildman–Crippen LogP) is 2.05. The molecule has 0 aliphatic rings. The lowest BCUT2D eigenvalue weighted by atomic mass is 10.4. The second-order valence-corrected chi connectivity index (χ2v) is 2.51. The maximum atomic E-state index is 3.12. The zero-order chi connectivity index (χ0) is 5.98. The molecule has 0 amide bonds. The van der Waals surface area contributed by atoms with Crippen molar-refractivity contribution in [2.24, 2.45) is 0 Å². The fourth-order valence-electron chi connectivity index (χ4n) is 0.652. The van der Waals surface area contributed by atoms with Crippen molar-refractivity contribution in [3.63, 3.8) is 0 Å². The highest BCUT2D eigenvalue weighted by molar-refractivity contribution is 7.98. The fourth-order valence-corrected chi connectivity index (χ4v) is 1.23. The minimum Gasteiger partial charge on any atom is -0.356 e. The van der Waals surface area contributed by atoms with E-state index in [-0.39, 0.29) is 0 Å². The number of hydrogen-bond donors (Lipinski definition) is 1. The van der Waals surface area contributed by atoms with Crippen LogP contribution in [0.4, 0.5) is 0 Å². The number of thioether (sulfide) groups is 1. The molecule has 0 bridgehead atoms. The Bertz CT molecular complexity index is 169. The highest BCUT2D eigenvalue weighted by atomic mass is 32.2. The molecule has 0 atom stereocenters. The van der Waals surface area contributed by atoms with Crippen LogP contribution in [0.2, 0.25) is 0 Å². The average Bonchev–Trinajstić information content (AvgIpc) is 2.14. The molecule has 44 valence electrons. The van der Waals surface area contributed by atoms with Crippen LogP contribution < -0.4 is 0 Å². The van der Waals surface area contributed by atoms with Crippen LogP contribution in [-0.4, -0.2) is 11.2 Å². The number of aromatic nitrogens is 1. The van der Waals surface area contributed by atoms with Crippen LogP contribution in [0.1, 0.15) is 5.56 Å². The maximum absolute atomic E-state index is 3.12. The molecule has 1 aromatic heterocycles.